The second-order valence-corrected chi connectivity index (χ2v) is 9.21. The first-order valence-corrected chi connectivity index (χ1v) is 12.7. The van der Waals surface area contributed by atoms with Crippen molar-refractivity contribution < 1.29 is 9.53 Å². The number of aryl methyl sites for hydroxylation is 2. The minimum atomic E-state index is 0.0375. The summed E-state index contributed by atoms with van der Waals surface area (Å²) in [7, 11) is 1.66. The van der Waals surface area contributed by atoms with Crippen molar-refractivity contribution in [1.29, 1.82) is 0 Å². The largest absolute Gasteiger partial charge is 0.497 e. The topological polar surface area (TPSA) is 69.0 Å². The lowest BCUT2D eigenvalue weighted by atomic mass is 10.1. The summed E-state index contributed by atoms with van der Waals surface area (Å²) in [4.78, 5) is 12.4. The number of hydrogen-bond donors (Lipinski definition) is 1. The van der Waals surface area contributed by atoms with Crippen molar-refractivity contribution in [2.45, 2.75) is 43.6 Å². The van der Waals surface area contributed by atoms with Gasteiger partial charge in [0.25, 0.3) is 0 Å². The molecule has 180 valence electrons. The van der Waals surface area contributed by atoms with Crippen molar-refractivity contribution in [1.82, 2.24) is 20.1 Å². The molecule has 1 amide bonds. The Balaban J connectivity index is 1.45. The summed E-state index contributed by atoms with van der Waals surface area (Å²) in [5, 5.41) is 12.8. The number of thioether (sulfide) groups is 1. The summed E-state index contributed by atoms with van der Waals surface area (Å²) in [5.41, 5.74) is 4.57. The lowest BCUT2D eigenvalue weighted by Crippen LogP contribution is -2.22. The predicted molar refractivity (Wildman–Crippen MR) is 140 cm³/mol. The summed E-state index contributed by atoms with van der Waals surface area (Å²) in [6.07, 6.45) is 1.77. The molecular formula is C28H30N4O2S. The number of carbonyl (C=O) groups is 1. The molecule has 4 aromatic rings. The highest BCUT2D eigenvalue weighted by Gasteiger charge is 2.16. The Morgan fingerprint density at radius 3 is 2.60 bits per heavy atom. The van der Waals surface area contributed by atoms with Crippen molar-refractivity contribution in [2.75, 3.05) is 7.11 Å². The van der Waals surface area contributed by atoms with Crippen molar-refractivity contribution >= 4 is 17.7 Å². The summed E-state index contributed by atoms with van der Waals surface area (Å²) in [6.45, 7) is 2.66. The average Bonchev–Trinajstić information content (AvgIpc) is 3.30. The maximum Gasteiger partial charge on any atom is 0.220 e. The van der Waals surface area contributed by atoms with E-state index in [1.807, 2.05) is 54.6 Å². The molecule has 4 rings (SSSR count). The molecule has 0 atom stereocenters. The fourth-order valence-electron chi connectivity index (χ4n) is 3.77. The van der Waals surface area contributed by atoms with E-state index >= 15 is 0 Å². The molecule has 6 nitrogen and oxygen atoms in total. The molecule has 0 saturated carbocycles. The predicted octanol–water partition coefficient (Wildman–Crippen LogP) is 5.52. The summed E-state index contributed by atoms with van der Waals surface area (Å²) in [5.74, 6) is 2.45. The van der Waals surface area contributed by atoms with E-state index in [2.05, 4.69) is 51.3 Å². The van der Waals surface area contributed by atoms with Gasteiger partial charge in [0, 0.05) is 31.2 Å². The lowest BCUT2D eigenvalue weighted by Gasteiger charge is -2.12. The summed E-state index contributed by atoms with van der Waals surface area (Å²) >= 11 is 1.66. The quantitative estimate of drug-likeness (QED) is 0.283. The Kier molecular flexibility index (Phi) is 8.57. The standard InChI is InChI=1S/C28H30N4O2S/c1-21-10-6-7-13-23(21)20-35-28-31-30-26(32(28)24-14-8-15-25(18-24)34-2)16-9-17-27(33)29-19-22-11-4-3-5-12-22/h3-8,10-15,18H,9,16-17,19-20H2,1-2H3,(H,29,33). The van der Waals surface area contributed by atoms with Crippen LogP contribution in [0.1, 0.15) is 35.4 Å². The minimum Gasteiger partial charge on any atom is -0.497 e. The Morgan fingerprint density at radius 2 is 1.80 bits per heavy atom. The van der Waals surface area contributed by atoms with E-state index in [4.69, 9.17) is 4.74 Å². The molecule has 1 heterocycles. The number of rotatable bonds is 11. The Morgan fingerprint density at radius 1 is 1.00 bits per heavy atom. The van der Waals surface area contributed by atoms with Gasteiger partial charge in [0.2, 0.25) is 5.91 Å². The number of nitrogens with one attached hydrogen (secondary N) is 1. The molecule has 0 unspecified atom stereocenters. The van der Waals surface area contributed by atoms with Crippen LogP contribution in [0.25, 0.3) is 5.69 Å². The number of hydrogen-bond acceptors (Lipinski definition) is 5. The smallest absolute Gasteiger partial charge is 0.220 e. The third-order valence-electron chi connectivity index (χ3n) is 5.77. The molecule has 0 aliphatic carbocycles. The SMILES string of the molecule is COc1cccc(-n2c(CCCC(=O)NCc3ccccc3)nnc2SCc2ccccc2C)c1. The van der Waals surface area contributed by atoms with Crippen molar-refractivity contribution in [3.8, 4) is 11.4 Å². The number of amides is 1. The summed E-state index contributed by atoms with van der Waals surface area (Å²) in [6, 6.07) is 26.2. The second-order valence-electron chi connectivity index (χ2n) is 8.27. The third kappa shape index (κ3) is 6.73. The number of nitrogens with zero attached hydrogens (tertiary/aromatic N) is 3. The van der Waals surface area contributed by atoms with Gasteiger partial charge in [-0.05, 0) is 42.2 Å². The van der Waals surface area contributed by atoms with E-state index in [-0.39, 0.29) is 5.91 Å². The Hall–Kier alpha value is -3.58. The van der Waals surface area contributed by atoms with Crippen LogP contribution in [0.4, 0.5) is 0 Å². The van der Waals surface area contributed by atoms with Crippen LogP contribution >= 0.6 is 11.8 Å². The molecule has 0 bridgehead atoms. The number of ether oxygens (including phenoxy) is 1. The van der Waals surface area contributed by atoms with Crippen molar-refractivity contribution in [2.24, 2.45) is 0 Å². The molecule has 3 aromatic carbocycles. The fourth-order valence-corrected chi connectivity index (χ4v) is 4.82. The van der Waals surface area contributed by atoms with Gasteiger partial charge in [0.15, 0.2) is 5.16 Å². The van der Waals surface area contributed by atoms with E-state index in [1.165, 1.54) is 11.1 Å². The number of carbonyl (C=O) groups excluding carboxylic acids is 1. The van der Waals surface area contributed by atoms with Gasteiger partial charge in [-0.1, -0.05) is 72.4 Å². The van der Waals surface area contributed by atoms with E-state index in [1.54, 1.807) is 18.9 Å². The first-order chi connectivity index (χ1) is 17.1. The molecule has 7 heteroatoms. The molecule has 1 aromatic heterocycles. The Labute approximate surface area is 210 Å². The van der Waals surface area contributed by atoms with Crippen molar-refractivity contribution in [3.63, 3.8) is 0 Å². The summed E-state index contributed by atoms with van der Waals surface area (Å²) < 4.78 is 7.52. The van der Waals surface area contributed by atoms with Gasteiger partial charge in [-0.2, -0.15) is 0 Å². The Bertz CT molecular complexity index is 1260. The van der Waals surface area contributed by atoms with E-state index in [0.29, 0.717) is 25.8 Å². The van der Waals surface area contributed by atoms with E-state index in [0.717, 1.165) is 33.7 Å². The zero-order chi connectivity index (χ0) is 24.5. The maximum atomic E-state index is 12.4. The number of aromatic nitrogens is 3. The molecule has 0 aliphatic rings. The zero-order valence-electron chi connectivity index (χ0n) is 20.1. The third-order valence-corrected chi connectivity index (χ3v) is 6.74. The molecular weight excluding hydrogens is 456 g/mol. The molecule has 1 N–H and O–H groups in total. The van der Waals surface area contributed by atoms with Crippen LogP contribution in [0, 0.1) is 6.92 Å². The van der Waals surface area contributed by atoms with Gasteiger partial charge in [-0.15, -0.1) is 10.2 Å². The van der Waals surface area contributed by atoms with Crippen LogP contribution in [-0.2, 0) is 23.5 Å². The van der Waals surface area contributed by atoms with Gasteiger partial charge >= 0.3 is 0 Å². The highest BCUT2D eigenvalue weighted by Crippen LogP contribution is 2.28. The van der Waals surface area contributed by atoms with E-state index in [9.17, 15) is 4.79 Å². The highest BCUT2D eigenvalue weighted by molar-refractivity contribution is 7.98. The average molecular weight is 487 g/mol. The maximum absolute atomic E-state index is 12.4. The van der Waals surface area contributed by atoms with Crippen LogP contribution in [0.5, 0.6) is 5.75 Å². The zero-order valence-corrected chi connectivity index (χ0v) is 20.9. The van der Waals surface area contributed by atoms with Gasteiger partial charge < -0.3 is 10.1 Å². The van der Waals surface area contributed by atoms with Gasteiger partial charge in [0.05, 0.1) is 12.8 Å². The van der Waals surface area contributed by atoms with E-state index < -0.39 is 0 Å². The van der Waals surface area contributed by atoms with Crippen LogP contribution in [-0.4, -0.2) is 27.8 Å². The van der Waals surface area contributed by atoms with Crippen LogP contribution in [0.15, 0.2) is 84.0 Å². The number of benzene rings is 3. The van der Waals surface area contributed by atoms with Crippen molar-refractivity contribution in [3.05, 3.63) is 101 Å². The van der Waals surface area contributed by atoms with Crippen LogP contribution in [0.2, 0.25) is 0 Å². The normalized spacial score (nSPS) is 10.8. The molecule has 0 saturated heterocycles. The van der Waals surface area contributed by atoms with Crippen LogP contribution in [0.3, 0.4) is 0 Å². The highest BCUT2D eigenvalue weighted by atomic mass is 32.2. The first kappa shape index (κ1) is 24.5. The monoisotopic (exact) mass is 486 g/mol. The van der Waals surface area contributed by atoms with Gasteiger partial charge in [0.1, 0.15) is 11.6 Å². The lowest BCUT2D eigenvalue weighted by molar-refractivity contribution is -0.121. The molecule has 0 radical (unpaired) electrons. The number of methoxy groups -OCH3 is 1. The first-order valence-electron chi connectivity index (χ1n) is 11.7. The van der Waals surface area contributed by atoms with Gasteiger partial charge in [-0.3, -0.25) is 9.36 Å². The minimum absolute atomic E-state index is 0.0375. The molecule has 0 aliphatic heterocycles. The molecule has 35 heavy (non-hydrogen) atoms. The second kappa shape index (κ2) is 12.2. The molecule has 0 spiro atoms. The molecule has 0 fully saturated rings. The van der Waals surface area contributed by atoms with Gasteiger partial charge in [-0.25, -0.2) is 0 Å². The van der Waals surface area contributed by atoms with Crippen LogP contribution < -0.4 is 10.1 Å². The fraction of sp³-hybridized carbons (Fsp3) is 0.250.